The van der Waals surface area contributed by atoms with Gasteiger partial charge >= 0.3 is 10.2 Å². The van der Waals surface area contributed by atoms with Crippen molar-refractivity contribution in [1.29, 1.82) is 0 Å². The molecule has 8 heteroatoms. The largest absolute Gasteiger partial charge is 0.329 e. The first-order valence-corrected chi connectivity index (χ1v) is 8.03. The topological polar surface area (TPSA) is 93.2 Å². The maximum Gasteiger partial charge on any atom is 0.302 e. The number of nitrogens with zero attached hydrogens (tertiary/aromatic N) is 3. The molecule has 1 aromatic heterocycles. The SMILES string of the molecule is CCn1cc(NS(=O)(=O)N2CCCCC2CN)cn1. The van der Waals surface area contributed by atoms with Gasteiger partial charge in [0.05, 0.1) is 11.9 Å². The van der Waals surface area contributed by atoms with Crippen LogP contribution in [0.25, 0.3) is 0 Å². The molecule has 0 radical (unpaired) electrons. The molecule has 1 aliphatic heterocycles. The molecule has 1 unspecified atom stereocenters. The van der Waals surface area contributed by atoms with Gasteiger partial charge in [0.1, 0.15) is 0 Å². The summed E-state index contributed by atoms with van der Waals surface area (Å²) in [5.41, 5.74) is 6.15. The van der Waals surface area contributed by atoms with Crippen LogP contribution in [-0.4, -0.2) is 41.6 Å². The third-order valence-electron chi connectivity index (χ3n) is 3.36. The number of aryl methyl sites for hydroxylation is 1. The first-order valence-electron chi connectivity index (χ1n) is 6.59. The van der Waals surface area contributed by atoms with Crippen LogP contribution >= 0.6 is 0 Å². The van der Waals surface area contributed by atoms with E-state index in [0.717, 1.165) is 19.3 Å². The minimum Gasteiger partial charge on any atom is -0.329 e. The second-order valence-corrected chi connectivity index (χ2v) is 6.31. The molecule has 7 nitrogen and oxygen atoms in total. The first kappa shape index (κ1) is 14.3. The zero-order valence-corrected chi connectivity index (χ0v) is 11.9. The molecule has 1 fully saturated rings. The lowest BCUT2D eigenvalue weighted by molar-refractivity contribution is 0.259. The lowest BCUT2D eigenvalue weighted by Gasteiger charge is -2.33. The summed E-state index contributed by atoms with van der Waals surface area (Å²) >= 11 is 0. The lowest BCUT2D eigenvalue weighted by Crippen LogP contribution is -2.49. The van der Waals surface area contributed by atoms with Crippen molar-refractivity contribution in [1.82, 2.24) is 14.1 Å². The van der Waals surface area contributed by atoms with Crippen molar-refractivity contribution in [3.05, 3.63) is 12.4 Å². The molecule has 0 saturated carbocycles. The minimum atomic E-state index is -3.54. The average Bonchev–Trinajstić information content (AvgIpc) is 2.85. The quantitative estimate of drug-likeness (QED) is 0.818. The van der Waals surface area contributed by atoms with Gasteiger partial charge in [-0.15, -0.1) is 0 Å². The number of rotatable bonds is 5. The summed E-state index contributed by atoms with van der Waals surface area (Å²) in [6.07, 6.45) is 5.93. The summed E-state index contributed by atoms with van der Waals surface area (Å²) in [4.78, 5) is 0. The van der Waals surface area contributed by atoms with E-state index >= 15 is 0 Å². The van der Waals surface area contributed by atoms with Gasteiger partial charge in [-0.25, -0.2) is 0 Å². The second kappa shape index (κ2) is 5.89. The van der Waals surface area contributed by atoms with Gasteiger partial charge in [0.15, 0.2) is 0 Å². The van der Waals surface area contributed by atoms with Gasteiger partial charge in [-0.2, -0.15) is 17.8 Å². The Morgan fingerprint density at radius 1 is 1.53 bits per heavy atom. The fraction of sp³-hybridized carbons (Fsp3) is 0.727. The summed E-state index contributed by atoms with van der Waals surface area (Å²) in [7, 11) is -3.54. The van der Waals surface area contributed by atoms with Crippen LogP contribution in [-0.2, 0) is 16.8 Å². The highest BCUT2D eigenvalue weighted by molar-refractivity contribution is 7.90. The van der Waals surface area contributed by atoms with Crippen molar-refractivity contribution in [2.75, 3.05) is 17.8 Å². The van der Waals surface area contributed by atoms with Crippen LogP contribution in [0.1, 0.15) is 26.2 Å². The van der Waals surface area contributed by atoms with E-state index in [2.05, 4.69) is 9.82 Å². The van der Waals surface area contributed by atoms with Gasteiger partial charge in [0, 0.05) is 31.9 Å². The van der Waals surface area contributed by atoms with Crippen LogP contribution in [0, 0.1) is 0 Å². The molecule has 1 aliphatic rings. The van der Waals surface area contributed by atoms with Crippen molar-refractivity contribution >= 4 is 15.9 Å². The number of anilines is 1. The van der Waals surface area contributed by atoms with Crippen LogP contribution < -0.4 is 10.5 Å². The summed E-state index contributed by atoms with van der Waals surface area (Å²) in [6.45, 7) is 3.53. The highest BCUT2D eigenvalue weighted by Gasteiger charge is 2.31. The number of aromatic nitrogens is 2. The van der Waals surface area contributed by atoms with E-state index in [1.807, 2.05) is 6.92 Å². The van der Waals surface area contributed by atoms with Gasteiger partial charge < -0.3 is 5.73 Å². The number of hydrogen-bond acceptors (Lipinski definition) is 4. The molecule has 0 aliphatic carbocycles. The summed E-state index contributed by atoms with van der Waals surface area (Å²) in [5.74, 6) is 0. The number of nitrogens with one attached hydrogen (secondary N) is 1. The monoisotopic (exact) mass is 287 g/mol. The Morgan fingerprint density at radius 3 is 2.95 bits per heavy atom. The Morgan fingerprint density at radius 2 is 2.32 bits per heavy atom. The molecule has 1 atom stereocenters. The lowest BCUT2D eigenvalue weighted by atomic mass is 10.1. The van der Waals surface area contributed by atoms with Crippen molar-refractivity contribution in [3.63, 3.8) is 0 Å². The highest BCUT2D eigenvalue weighted by atomic mass is 32.2. The van der Waals surface area contributed by atoms with Crippen LogP contribution in [0.3, 0.4) is 0 Å². The molecular formula is C11H21N5O2S. The van der Waals surface area contributed by atoms with E-state index in [9.17, 15) is 8.42 Å². The molecule has 3 N–H and O–H groups in total. The molecule has 0 aromatic carbocycles. The van der Waals surface area contributed by atoms with Crippen molar-refractivity contribution < 1.29 is 8.42 Å². The Kier molecular flexibility index (Phi) is 4.43. The smallest absolute Gasteiger partial charge is 0.302 e. The Hall–Kier alpha value is -1.12. The Labute approximate surface area is 113 Å². The first-order chi connectivity index (χ1) is 9.06. The normalized spacial score (nSPS) is 21.5. The molecule has 1 aromatic rings. The maximum atomic E-state index is 12.3. The van der Waals surface area contributed by atoms with Gasteiger partial charge in [-0.05, 0) is 19.8 Å². The van der Waals surface area contributed by atoms with Crippen molar-refractivity contribution in [2.45, 2.75) is 38.8 Å². The highest BCUT2D eigenvalue weighted by Crippen LogP contribution is 2.21. The number of hydrogen-bond donors (Lipinski definition) is 2. The predicted molar refractivity (Wildman–Crippen MR) is 73.8 cm³/mol. The summed E-state index contributed by atoms with van der Waals surface area (Å²) in [5, 5.41) is 4.05. The van der Waals surface area contributed by atoms with E-state index in [-0.39, 0.29) is 6.04 Å². The van der Waals surface area contributed by atoms with E-state index in [1.54, 1.807) is 10.9 Å². The number of piperidine rings is 1. The standard InChI is InChI=1S/C11H21N5O2S/c1-2-15-9-10(8-13-15)14-19(17,18)16-6-4-3-5-11(16)7-12/h8-9,11,14H,2-7,12H2,1H3. The van der Waals surface area contributed by atoms with Crippen LogP contribution in [0.15, 0.2) is 12.4 Å². The fourth-order valence-electron chi connectivity index (χ4n) is 2.32. The molecular weight excluding hydrogens is 266 g/mol. The molecule has 19 heavy (non-hydrogen) atoms. The van der Waals surface area contributed by atoms with E-state index < -0.39 is 10.2 Å². The summed E-state index contributed by atoms with van der Waals surface area (Å²) in [6, 6.07) is -0.104. The molecule has 108 valence electrons. The molecule has 2 heterocycles. The Balaban J connectivity index is 2.12. The van der Waals surface area contributed by atoms with Crippen LogP contribution in [0.5, 0.6) is 0 Å². The van der Waals surface area contributed by atoms with Gasteiger partial charge in [-0.1, -0.05) is 6.42 Å². The molecule has 2 rings (SSSR count). The van der Waals surface area contributed by atoms with Gasteiger partial charge in [0.2, 0.25) is 0 Å². The minimum absolute atomic E-state index is 0.104. The van der Waals surface area contributed by atoms with Crippen LogP contribution in [0.2, 0.25) is 0 Å². The van der Waals surface area contributed by atoms with Gasteiger partial charge in [0.25, 0.3) is 0 Å². The number of nitrogens with two attached hydrogens (primary N) is 1. The molecule has 0 spiro atoms. The average molecular weight is 287 g/mol. The zero-order chi connectivity index (χ0) is 13.9. The molecule has 1 saturated heterocycles. The van der Waals surface area contributed by atoms with E-state index in [1.165, 1.54) is 10.5 Å². The van der Waals surface area contributed by atoms with Gasteiger partial charge in [-0.3, -0.25) is 9.40 Å². The molecule has 0 bridgehead atoms. The molecule has 0 amide bonds. The fourth-order valence-corrected chi connectivity index (χ4v) is 3.80. The van der Waals surface area contributed by atoms with Crippen molar-refractivity contribution in [3.8, 4) is 0 Å². The van der Waals surface area contributed by atoms with E-state index in [4.69, 9.17) is 5.73 Å². The maximum absolute atomic E-state index is 12.3. The predicted octanol–water partition coefficient (Wildman–Crippen LogP) is 0.373. The van der Waals surface area contributed by atoms with E-state index in [0.29, 0.717) is 25.3 Å². The second-order valence-electron chi connectivity index (χ2n) is 4.69. The van der Waals surface area contributed by atoms with Crippen LogP contribution in [0.4, 0.5) is 5.69 Å². The summed E-state index contributed by atoms with van der Waals surface area (Å²) < 4.78 is 30.4. The third kappa shape index (κ3) is 3.26. The third-order valence-corrected chi connectivity index (χ3v) is 4.95. The van der Waals surface area contributed by atoms with Crippen molar-refractivity contribution in [2.24, 2.45) is 5.73 Å². The zero-order valence-electron chi connectivity index (χ0n) is 11.1. The Bertz CT molecular complexity index is 513.